The van der Waals surface area contributed by atoms with Crippen molar-refractivity contribution in [2.24, 2.45) is 0 Å². The van der Waals surface area contributed by atoms with Crippen LogP contribution in [0, 0.1) is 0 Å². The number of hydrogen-bond donors (Lipinski definition) is 0. The first-order chi connectivity index (χ1) is 29.5. The van der Waals surface area contributed by atoms with Crippen LogP contribution in [0.15, 0.2) is 192 Å². The van der Waals surface area contributed by atoms with Gasteiger partial charge in [-0.3, -0.25) is 0 Å². The number of aromatic nitrogens is 1. The van der Waals surface area contributed by atoms with Gasteiger partial charge in [0, 0.05) is 63.9 Å². The lowest BCUT2D eigenvalue weighted by Crippen LogP contribution is -2.15. The summed E-state index contributed by atoms with van der Waals surface area (Å²) in [6, 6.07) is 69.2. The second kappa shape index (κ2) is 12.4. The summed E-state index contributed by atoms with van der Waals surface area (Å²) < 4.78 is 11.8. The largest absolute Gasteiger partial charge is 0.455 e. The van der Waals surface area contributed by atoms with Crippen molar-refractivity contribution in [3.8, 4) is 50.2 Å². The molecule has 0 unspecified atom stereocenters. The van der Waals surface area contributed by atoms with Crippen LogP contribution in [0.25, 0.3) is 114 Å². The quantitative estimate of drug-likeness (QED) is 0.174. The van der Waals surface area contributed by atoms with Crippen LogP contribution in [-0.4, -0.2) is 4.57 Å². The molecule has 3 heterocycles. The van der Waals surface area contributed by atoms with Gasteiger partial charge in [-0.2, -0.15) is 0 Å². The van der Waals surface area contributed by atoms with Crippen molar-refractivity contribution < 1.29 is 4.42 Å². The highest BCUT2D eigenvalue weighted by Crippen LogP contribution is 2.54. The van der Waals surface area contributed by atoms with Crippen LogP contribution in [0.1, 0.15) is 25.0 Å². The van der Waals surface area contributed by atoms with Gasteiger partial charge < -0.3 is 8.98 Å². The first-order valence-electron chi connectivity index (χ1n) is 20.7. The minimum Gasteiger partial charge on any atom is -0.455 e. The van der Waals surface area contributed by atoms with E-state index in [1.807, 2.05) is 17.4 Å². The molecule has 60 heavy (non-hydrogen) atoms. The van der Waals surface area contributed by atoms with Gasteiger partial charge in [-0.15, -0.1) is 11.3 Å². The van der Waals surface area contributed by atoms with Gasteiger partial charge in [0.25, 0.3) is 0 Å². The van der Waals surface area contributed by atoms with E-state index in [2.05, 4.69) is 200 Å². The fourth-order valence-corrected chi connectivity index (χ4v) is 11.5. The molecule has 0 amide bonds. The standard InChI is InChI=1S/C57H37NOS/c1-57(2)48-28-27-44-42-14-7-9-18-53(42)60-56(44)54(48)45-26-25-39(33-49(45)57)58-50-29-23-37(36-21-19-35(20-22-36)34-11-4-3-5-12-34)31-46(50)47-32-38(24-30-51(47)58)40-15-10-16-43-41-13-6-8-17-52(41)59-55(40)43/h3-33H,1-2H3. The number of fused-ring (bicyclic) bond motifs is 13. The lowest BCUT2D eigenvalue weighted by molar-refractivity contribution is 0.660. The van der Waals surface area contributed by atoms with Gasteiger partial charge in [0.1, 0.15) is 11.2 Å². The highest BCUT2D eigenvalue weighted by molar-refractivity contribution is 7.26. The number of para-hydroxylation sites is 2. The Bertz CT molecular complexity index is 3730. The maximum absolute atomic E-state index is 6.56. The zero-order valence-electron chi connectivity index (χ0n) is 33.2. The molecule has 0 radical (unpaired) electrons. The van der Waals surface area contributed by atoms with E-state index in [0.717, 1.165) is 33.1 Å². The van der Waals surface area contributed by atoms with Crippen LogP contribution in [0.4, 0.5) is 0 Å². The summed E-state index contributed by atoms with van der Waals surface area (Å²) in [6.45, 7) is 4.79. The van der Waals surface area contributed by atoms with E-state index in [1.54, 1.807) is 0 Å². The zero-order chi connectivity index (χ0) is 39.7. The Labute approximate surface area is 351 Å². The molecule has 12 aromatic rings. The Balaban J connectivity index is 1.02. The van der Waals surface area contributed by atoms with Gasteiger partial charge in [-0.05, 0) is 93.0 Å². The lowest BCUT2D eigenvalue weighted by atomic mass is 9.82. The predicted octanol–water partition coefficient (Wildman–Crippen LogP) is 16.4. The molecule has 0 saturated heterocycles. The summed E-state index contributed by atoms with van der Waals surface area (Å²) in [4.78, 5) is 0. The van der Waals surface area contributed by atoms with Crippen LogP contribution >= 0.6 is 11.3 Å². The molecule has 13 rings (SSSR count). The summed E-state index contributed by atoms with van der Waals surface area (Å²) in [5.41, 5.74) is 17.8. The van der Waals surface area contributed by atoms with Crippen LogP contribution in [-0.2, 0) is 5.41 Å². The number of furan rings is 1. The molecular formula is C57H37NOS. The topological polar surface area (TPSA) is 18.1 Å². The molecule has 0 bridgehead atoms. The molecule has 0 spiro atoms. The Morgan fingerprint density at radius 2 is 1.08 bits per heavy atom. The molecule has 0 fully saturated rings. The van der Waals surface area contributed by atoms with Crippen LogP contribution in [0.3, 0.4) is 0 Å². The Morgan fingerprint density at radius 3 is 1.90 bits per heavy atom. The van der Waals surface area contributed by atoms with Gasteiger partial charge in [0.15, 0.2) is 0 Å². The molecule has 2 nitrogen and oxygen atoms in total. The number of hydrogen-bond acceptors (Lipinski definition) is 2. The average Bonchev–Trinajstić information content (AvgIpc) is 4.03. The minimum absolute atomic E-state index is 0.151. The maximum Gasteiger partial charge on any atom is 0.143 e. The van der Waals surface area contributed by atoms with Gasteiger partial charge in [0.2, 0.25) is 0 Å². The third-order valence-corrected chi connectivity index (χ3v) is 14.4. The maximum atomic E-state index is 6.56. The Hall–Kier alpha value is -7.20. The van der Waals surface area contributed by atoms with E-state index in [-0.39, 0.29) is 5.41 Å². The number of nitrogens with zero attached hydrogens (tertiary/aromatic N) is 1. The van der Waals surface area contributed by atoms with Crippen molar-refractivity contribution in [3.63, 3.8) is 0 Å². The summed E-state index contributed by atoms with van der Waals surface area (Å²) in [5.74, 6) is 0. The Morgan fingerprint density at radius 1 is 0.433 bits per heavy atom. The number of thiophene rings is 1. The fourth-order valence-electron chi connectivity index (χ4n) is 10.2. The lowest BCUT2D eigenvalue weighted by Gasteiger charge is -2.22. The molecule has 0 atom stereocenters. The highest BCUT2D eigenvalue weighted by Gasteiger charge is 2.37. The van der Waals surface area contributed by atoms with E-state index in [1.165, 1.54) is 92.2 Å². The summed E-state index contributed by atoms with van der Waals surface area (Å²) in [6.07, 6.45) is 0. The van der Waals surface area contributed by atoms with Crippen LogP contribution < -0.4 is 0 Å². The molecular weight excluding hydrogens is 747 g/mol. The predicted molar refractivity (Wildman–Crippen MR) is 255 cm³/mol. The van der Waals surface area contributed by atoms with Crippen LogP contribution in [0.2, 0.25) is 0 Å². The summed E-state index contributed by atoms with van der Waals surface area (Å²) in [7, 11) is 0. The van der Waals surface area contributed by atoms with E-state index in [9.17, 15) is 0 Å². The minimum atomic E-state index is -0.151. The molecule has 1 aliphatic carbocycles. The average molecular weight is 784 g/mol. The molecule has 3 aromatic heterocycles. The van der Waals surface area contributed by atoms with Gasteiger partial charge >= 0.3 is 0 Å². The molecule has 1 aliphatic rings. The summed E-state index contributed by atoms with van der Waals surface area (Å²) in [5, 5.41) is 7.42. The first kappa shape index (κ1) is 33.7. The number of rotatable bonds is 4. The van der Waals surface area contributed by atoms with E-state index < -0.39 is 0 Å². The SMILES string of the molecule is CC1(C)c2cc(-n3c4ccc(-c5ccc(-c6ccccc6)cc5)cc4c4cc(-c5cccc6c5oc5ccccc56)ccc43)ccc2-c2c1ccc1c2sc2ccccc21. The molecule has 9 aromatic carbocycles. The zero-order valence-corrected chi connectivity index (χ0v) is 34.0. The highest BCUT2D eigenvalue weighted by atomic mass is 32.1. The van der Waals surface area contributed by atoms with Crippen LogP contribution in [0.5, 0.6) is 0 Å². The number of benzene rings is 9. The third-order valence-electron chi connectivity index (χ3n) is 13.2. The Kier molecular flexibility index (Phi) is 6.98. The van der Waals surface area contributed by atoms with Crippen molar-refractivity contribution in [1.82, 2.24) is 4.57 Å². The van der Waals surface area contributed by atoms with Gasteiger partial charge in [-0.25, -0.2) is 0 Å². The van der Waals surface area contributed by atoms with Crippen molar-refractivity contribution >= 4 is 75.3 Å². The van der Waals surface area contributed by atoms with E-state index in [0.29, 0.717) is 0 Å². The monoisotopic (exact) mass is 783 g/mol. The van der Waals surface area contributed by atoms with Crippen molar-refractivity contribution in [1.29, 1.82) is 0 Å². The molecule has 282 valence electrons. The molecule has 0 N–H and O–H groups in total. The normalized spacial score (nSPS) is 13.3. The van der Waals surface area contributed by atoms with Crippen molar-refractivity contribution in [3.05, 3.63) is 199 Å². The first-order valence-corrected chi connectivity index (χ1v) is 21.6. The van der Waals surface area contributed by atoms with E-state index >= 15 is 0 Å². The van der Waals surface area contributed by atoms with E-state index in [4.69, 9.17) is 4.42 Å². The summed E-state index contributed by atoms with van der Waals surface area (Å²) >= 11 is 1.93. The second-order valence-corrected chi connectivity index (χ2v) is 17.9. The molecule has 3 heteroatoms. The van der Waals surface area contributed by atoms with Gasteiger partial charge in [-0.1, -0.05) is 153 Å². The van der Waals surface area contributed by atoms with Crippen molar-refractivity contribution in [2.75, 3.05) is 0 Å². The molecule has 0 aliphatic heterocycles. The van der Waals surface area contributed by atoms with Gasteiger partial charge in [0.05, 0.1) is 11.0 Å². The van der Waals surface area contributed by atoms with Crippen molar-refractivity contribution in [2.45, 2.75) is 19.3 Å². The third kappa shape index (κ3) is 4.75. The molecule has 0 saturated carbocycles. The smallest absolute Gasteiger partial charge is 0.143 e. The second-order valence-electron chi connectivity index (χ2n) is 16.8. The fraction of sp³-hybridized carbons (Fsp3) is 0.0526.